The maximum atomic E-state index is 12.2. The van der Waals surface area contributed by atoms with Gasteiger partial charge in [0.05, 0.1) is 6.54 Å². The summed E-state index contributed by atoms with van der Waals surface area (Å²) < 4.78 is 24.4. The van der Waals surface area contributed by atoms with Crippen molar-refractivity contribution >= 4 is 24.7 Å². The van der Waals surface area contributed by atoms with Crippen LogP contribution in [0, 0.1) is 19.3 Å². The van der Waals surface area contributed by atoms with Crippen LogP contribution in [0.1, 0.15) is 67.7 Å². The quantitative estimate of drug-likeness (QED) is 0.229. The van der Waals surface area contributed by atoms with Crippen LogP contribution in [0.2, 0.25) is 0 Å². The molecule has 2 amide bonds. The molecule has 5 N–H and O–H groups in total. The van der Waals surface area contributed by atoms with Crippen molar-refractivity contribution in [3.05, 3.63) is 64.7 Å². The van der Waals surface area contributed by atoms with Gasteiger partial charge in [-0.05, 0) is 83.8 Å². The van der Waals surface area contributed by atoms with E-state index in [1.807, 2.05) is 25.2 Å². The zero-order chi connectivity index (χ0) is 31.9. The van der Waals surface area contributed by atoms with E-state index in [0.717, 1.165) is 27.8 Å². The molecule has 0 bridgehead atoms. The number of carbonyl (C=O) groups excluding carboxylic acids is 2. The molecular weight excluding hydrogens is 550 g/mol. The molecule has 3 aliphatic rings. The summed E-state index contributed by atoms with van der Waals surface area (Å²) >= 11 is 0. The Hall–Kier alpha value is -3.37. The molecule has 10 heteroatoms. The number of amides is 2. The van der Waals surface area contributed by atoms with Crippen LogP contribution in [0.25, 0.3) is 0 Å². The Morgan fingerprint density at radius 2 is 1.65 bits per heavy atom. The second-order valence-corrected chi connectivity index (χ2v) is 11.0. The average molecular weight is 603 g/mol. The number of nitrogens with zero attached hydrogens (tertiary/aromatic N) is 1. The second-order valence-electron chi connectivity index (χ2n) is 11.0. The maximum absolute atomic E-state index is 12.2. The van der Waals surface area contributed by atoms with E-state index in [1.165, 1.54) is 69.1 Å². The first-order valence-electron chi connectivity index (χ1n) is 15.2. The van der Waals surface area contributed by atoms with Crippen molar-refractivity contribution in [2.75, 3.05) is 45.1 Å². The fourth-order valence-electron chi connectivity index (χ4n) is 4.38. The number of piperidine rings is 1. The minimum Gasteiger partial charge on any atom is -0.388 e. The topological polar surface area (TPSA) is 109 Å². The highest BCUT2D eigenvalue weighted by atomic mass is 19.3. The second kappa shape index (κ2) is 22.2. The number of likely N-dealkylation sites (tertiary alicyclic amines) is 1. The van der Waals surface area contributed by atoms with Crippen LogP contribution in [-0.2, 0) is 16.1 Å². The van der Waals surface area contributed by atoms with Crippen molar-refractivity contribution in [1.82, 2.24) is 20.9 Å². The summed E-state index contributed by atoms with van der Waals surface area (Å²) in [6, 6.07) is 15.0. The summed E-state index contributed by atoms with van der Waals surface area (Å²) in [5, 5.41) is 19.4. The number of nitrogens with one attached hydrogen (secondary N) is 5. The first-order chi connectivity index (χ1) is 20.6. The van der Waals surface area contributed by atoms with Gasteiger partial charge in [-0.1, -0.05) is 47.9 Å². The van der Waals surface area contributed by atoms with Crippen LogP contribution in [0.3, 0.4) is 0 Å². The van der Waals surface area contributed by atoms with Gasteiger partial charge in [0.2, 0.25) is 12.8 Å². The molecule has 3 heterocycles. The van der Waals surface area contributed by atoms with Gasteiger partial charge >= 0.3 is 0 Å². The summed E-state index contributed by atoms with van der Waals surface area (Å²) in [6.45, 7) is 10.4. The molecule has 1 unspecified atom stereocenters. The molecule has 0 aliphatic carbocycles. The Bertz CT molecular complexity index is 1010. The predicted octanol–water partition coefficient (Wildman–Crippen LogP) is 5.28. The van der Waals surface area contributed by atoms with Crippen LogP contribution in [-0.4, -0.2) is 75.7 Å². The van der Waals surface area contributed by atoms with Crippen LogP contribution < -0.4 is 21.3 Å². The molecule has 0 aromatic heterocycles. The monoisotopic (exact) mass is 602 g/mol. The van der Waals surface area contributed by atoms with Gasteiger partial charge in [0.15, 0.2) is 0 Å². The summed E-state index contributed by atoms with van der Waals surface area (Å²) in [4.78, 5) is 21.1. The molecule has 0 radical (unpaired) electrons. The lowest BCUT2D eigenvalue weighted by Crippen LogP contribution is -2.23. The van der Waals surface area contributed by atoms with E-state index < -0.39 is 12.5 Å². The van der Waals surface area contributed by atoms with Gasteiger partial charge in [-0.3, -0.25) is 9.59 Å². The van der Waals surface area contributed by atoms with E-state index in [4.69, 9.17) is 5.41 Å². The van der Waals surface area contributed by atoms with Crippen molar-refractivity contribution in [3.63, 3.8) is 0 Å². The van der Waals surface area contributed by atoms with Gasteiger partial charge in [-0.25, -0.2) is 8.78 Å². The van der Waals surface area contributed by atoms with E-state index in [0.29, 0.717) is 19.4 Å². The number of rotatable bonds is 6. The molecule has 5 rings (SSSR count). The highest BCUT2D eigenvalue weighted by molar-refractivity contribution is 5.86. The number of anilines is 1. The average Bonchev–Trinajstić information content (AvgIpc) is 3.66. The molecule has 43 heavy (non-hydrogen) atoms. The van der Waals surface area contributed by atoms with Crippen molar-refractivity contribution in [2.45, 2.75) is 77.8 Å². The van der Waals surface area contributed by atoms with Gasteiger partial charge in [0.1, 0.15) is 0 Å². The highest BCUT2D eigenvalue weighted by Crippen LogP contribution is 2.25. The summed E-state index contributed by atoms with van der Waals surface area (Å²) in [7, 11) is 1.81. The van der Waals surface area contributed by atoms with Gasteiger partial charge < -0.3 is 31.6 Å². The molecular formula is C33H52F2N6O2. The lowest BCUT2D eigenvalue weighted by molar-refractivity contribution is -0.118. The molecule has 0 spiro atoms. The van der Waals surface area contributed by atoms with E-state index >= 15 is 0 Å². The predicted molar refractivity (Wildman–Crippen MR) is 173 cm³/mol. The zero-order valence-corrected chi connectivity index (χ0v) is 26.4. The summed E-state index contributed by atoms with van der Waals surface area (Å²) in [6.07, 6.45) is 9.19. The molecule has 3 fully saturated rings. The zero-order valence-electron chi connectivity index (χ0n) is 26.4. The van der Waals surface area contributed by atoms with Crippen molar-refractivity contribution in [2.24, 2.45) is 0 Å². The number of hydrogen-bond donors (Lipinski definition) is 5. The van der Waals surface area contributed by atoms with Crippen molar-refractivity contribution < 1.29 is 18.4 Å². The number of benzene rings is 2. The lowest BCUT2D eigenvalue weighted by atomic mass is 10.1. The summed E-state index contributed by atoms with van der Waals surface area (Å²) in [5.74, 6) is -2.64. The molecule has 2 aromatic rings. The third-order valence-electron chi connectivity index (χ3n) is 7.01. The van der Waals surface area contributed by atoms with Crippen molar-refractivity contribution in [1.29, 1.82) is 5.41 Å². The Kier molecular flexibility index (Phi) is 19.4. The molecule has 1 atom stereocenters. The van der Waals surface area contributed by atoms with E-state index in [1.54, 1.807) is 0 Å². The Morgan fingerprint density at radius 1 is 1.00 bits per heavy atom. The molecule has 0 saturated carbocycles. The van der Waals surface area contributed by atoms with E-state index in [9.17, 15) is 18.4 Å². The van der Waals surface area contributed by atoms with E-state index in [2.05, 4.69) is 66.3 Å². The van der Waals surface area contributed by atoms with Gasteiger partial charge in [0, 0.05) is 50.1 Å². The normalized spacial score (nSPS) is 18.0. The fourth-order valence-corrected chi connectivity index (χ4v) is 4.38. The van der Waals surface area contributed by atoms with Crippen molar-refractivity contribution in [3.8, 4) is 0 Å². The molecule has 3 aliphatic heterocycles. The Balaban J connectivity index is 0.000000280. The highest BCUT2D eigenvalue weighted by Gasteiger charge is 2.37. The Morgan fingerprint density at radius 3 is 1.98 bits per heavy atom. The third-order valence-corrected chi connectivity index (χ3v) is 7.01. The molecule has 8 nitrogen and oxygen atoms in total. The maximum Gasteiger partial charge on any atom is 0.267 e. The van der Waals surface area contributed by atoms with Crippen LogP contribution >= 0.6 is 0 Å². The fraction of sp³-hybridized carbons (Fsp3) is 0.545. The number of alkyl halides is 2. The minimum absolute atomic E-state index is 0.189. The standard InChI is InChI=1S/C10H13N3O.C8H10.C5H7F2NO.2C5H11N/c1-12-10-3-2-8(6-13-7-14)4-9(10)5-11;1-7-3-5-8(2)6-4-7;6-5(7)1-2-8(3-5)4-9;1-5-3-2-4-6-5;1-2-4-6-5-3-1/h2-5,7,11-12H,6H2,1H3,(H,13,14);3-6H,1-2H3;4H,1-3H2;5-6H,2-4H2,1H3;6H,1-5H2. The van der Waals surface area contributed by atoms with Crippen LogP contribution in [0.15, 0.2) is 42.5 Å². The van der Waals surface area contributed by atoms with Gasteiger partial charge in [0.25, 0.3) is 5.92 Å². The molecule has 240 valence electrons. The smallest absolute Gasteiger partial charge is 0.267 e. The number of aryl methyl sites for hydroxylation is 2. The SMILES string of the molecule is C1CCNCC1.CC1CCCN1.CNc1ccc(CNC=O)cc1C=N.Cc1ccc(C)cc1.O=CN1CCC(F)(F)C1. The van der Waals surface area contributed by atoms with Gasteiger partial charge in [-0.2, -0.15) is 0 Å². The van der Waals surface area contributed by atoms with Gasteiger partial charge in [-0.15, -0.1) is 0 Å². The Labute approximate surface area is 256 Å². The number of carbonyl (C=O) groups is 2. The van der Waals surface area contributed by atoms with E-state index in [-0.39, 0.29) is 13.0 Å². The largest absolute Gasteiger partial charge is 0.388 e. The number of hydrogen-bond acceptors (Lipinski definition) is 6. The molecule has 2 aromatic carbocycles. The van der Waals surface area contributed by atoms with Crippen LogP contribution in [0.5, 0.6) is 0 Å². The first-order valence-corrected chi connectivity index (χ1v) is 15.2. The first kappa shape index (κ1) is 37.7. The lowest BCUT2D eigenvalue weighted by Gasteiger charge is -2.08. The summed E-state index contributed by atoms with van der Waals surface area (Å²) in [5.41, 5.74) is 5.37. The third kappa shape index (κ3) is 18.0. The minimum atomic E-state index is -2.64. The molecule has 3 saturated heterocycles. The number of halogens is 2. The van der Waals surface area contributed by atoms with Crippen LogP contribution in [0.4, 0.5) is 14.5 Å².